The lowest BCUT2D eigenvalue weighted by Crippen LogP contribution is -2.49. The Morgan fingerprint density at radius 3 is 2.55 bits per heavy atom. The highest BCUT2D eigenvalue weighted by molar-refractivity contribution is 5.91. The van der Waals surface area contributed by atoms with Gasteiger partial charge in [0.2, 0.25) is 18.2 Å². The molecule has 1 aromatic rings. The van der Waals surface area contributed by atoms with E-state index >= 15 is 0 Å². The van der Waals surface area contributed by atoms with Crippen LogP contribution in [-0.4, -0.2) is 57.4 Å². The van der Waals surface area contributed by atoms with Crippen LogP contribution in [0.3, 0.4) is 0 Å². The van der Waals surface area contributed by atoms with E-state index in [-0.39, 0.29) is 23.7 Å². The molecule has 0 spiro atoms. The molecule has 3 rings (SSSR count). The van der Waals surface area contributed by atoms with E-state index in [1.54, 1.807) is 11.9 Å². The maximum atomic E-state index is 12.8. The Labute approximate surface area is 129 Å². The van der Waals surface area contributed by atoms with Crippen molar-refractivity contribution in [2.45, 2.75) is 44.6 Å². The Morgan fingerprint density at radius 1 is 1.36 bits per heavy atom. The third-order valence-corrected chi connectivity index (χ3v) is 5.32. The largest absolute Gasteiger partial charge is 0.343 e. The molecule has 0 aromatic carbocycles. The summed E-state index contributed by atoms with van der Waals surface area (Å²) in [5.74, 6) is 0.859. The fourth-order valence-corrected chi connectivity index (χ4v) is 3.44. The Hall–Kier alpha value is -1.92. The highest BCUT2D eigenvalue weighted by atomic mass is 16.5. The molecule has 1 atom stereocenters. The monoisotopic (exact) mass is 306 g/mol. The number of carbonyl (C=O) groups is 2. The van der Waals surface area contributed by atoms with Crippen LogP contribution in [0.2, 0.25) is 0 Å². The third kappa shape index (κ3) is 2.38. The fourth-order valence-electron chi connectivity index (χ4n) is 3.44. The van der Waals surface area contributed by atoms with Gasteiger partial charge in [-0.15, -0.1) is 0 Å². The summed E-state index contributed by atoms with van der Waals surface area (Å²) in [5, 5.41) is 3.89. The summed E-state index contributed by atoms with van der Waals surface area (Å²) < 4.78 is 4.79. The molecule has 2 aliphatic rings. The number of piperidine rings is 1. The van der Waals surface area contributed by atoms with Crippen molar-refractivity contribution in [1.29, 1.82) is 0 Å². The van der Waals surface area contributed by atoms with Gasteiger partial charge in [0.1, 0.15) is 0 Å². The first kappa shape index (κ1) is 15.0. The molecule has 0 aliphatic carbocycles. The molecule has 120 valence electrons. The second kappa shape index (κ2) is 5.37. The molecule has 2 fully saturated rings. The van der Waals surface area contributed by atoms with Crippen molar-refractivity contribution >= 4 is 11.8 Å². The van der Waals surface area contributed by atoms with Gasteiger partial charge in [-0.3, -0.25) is 9.59 Å². The Morgan fingerprint density at radius 2 is 2.05 bits per heavy atom. The van der Waals surface area contributed by atoms with Crippen LogP contribution in [0.25, 0.3) is 0 Å². The number of hydrogen-bond donors (Lipinski definition) is 0. The quantitative estimate of drug-likeness (QED) is 0.815. The summed E-state index contributed by atoms with van der Waals surface area (Å²) in [6, 6.07) is 0. The van der Waals surface area contributed by atoms with Crippen LogP contribution in [-0.2, 0) is 9.59 Å². The van der Waals surface area contributed by atoms with E-state index in [0.717, 1.165) is 18.7 Å². The summed E-state index contributed by atoms with van der Waals surface area (Å²) >= 11 is 0. The zero-order valence-electron chi connectivity index (χ0n) is 13.3. The van der Waals surface area contributed by atoms with Crippen molar-refractivity contribution in [3.63, 3.8) is 0 Å². The predicted octanol–water partition coefficient (Wildman–Crippen LogP) is 1.03. The van der Waals surface area contributed by atoms with E-state index < -0.39 is 5.54 Å². The maximum absolute atomic E-state index is 12.8. The van der Waals surface area contributed by atoms with Crippen LogP contribution in [0.4, 0.5) is 0 Å². The average molecular weight is 306 g/mol. The van der Waals surface area contributed by atoms with Crippen LogP contribution in [0.1, 0.15) is 44.9 Å². The molecule has 1 aromatic heterocycles. The summed E-state index contributed by atoms with van der Waals surface area (Å²) in [6.07, 6.45) is 3.33. The summed E-state index contributed by atoms with van der Waals surface area (Å²) in [7, 11) is 1.78. The number of likely N-dealkylation sites (tertiary alicyclic amines) is 2. The maximum Gasteiger partial charge on any atom is 0.228 e. The van der Waals surface area contributed by atoms with E-state index in [4.69, 9.17) is 4.52 Å². The van der Waals surface area contributed by atoms with Crippen LogP contribution >= 0.6 is 0 Å². The lowest BCUT2D eigenvalue weighted by molar-refractivity contribution is -0.138. The third-order valence-electron chi connectivity index (χ3n) is 5.32. The number of aromatic nitrogens is 2. The van der Waals surface area contributed by atoms with Crippen LogP contribution in [0.5, 0.6) is 0 Å². The number of hydrogen-bond acceptors (Lipinski definition) is 5. The first-order chi connectivity index (χ1) is 10.4. The van der Waals surface area contributed by atoms with Gasteiger partial charge in [-0.1, -0.05) is 5.16 Å². The van der Waals surface area contributed by atoms with Crippen molar-refractivity contribution in [3.05, 3.63) is 12.2 Å². The van der Waals surface area contributed by atoms with Gasteiger partial charge < -0.3 is 14.3 Å². The molecule has 3 heterocycles. The first-order valence-electron chi connectivity index (χ1n) is 7.73. The van der Waals surface area contributed by atoms with Gasteiger partial charge in [0.15, 0.2) is 5.82 Å². The molecule has 0 bridgehead atoms. The predicted molar refractivity (Wildman–Crippen MR) is 77.8 cm³/mol. The van der Waals surface area contributed by atoms with Crippen LogP contribution in [0, 0.1) is 5.92 Å². The molecule has 2 amide bonds. The van der Waals surface area contributed by atoms with Crippen LogP contribution < -0.4 is 0 Å². The first-order valence-corrected chi connectivity index (χ1v) is 7.73. The number of amides is 2. The van der Waals surface area contributed by atoms with E-state index in [2.05, 4.69) is 10.1 Å². The van der Waals surface area contributed by atoms with Crippen molar-refractivity contribution < 1.29 is 14.1 Å². The van der Waals surface area contributed by atoms with E-state index in [9.17, 15) is 9.59 Å². The van der Waals surface area contributed by atoms with E-state index in [0.29, 0.717) is 19.5 Å². The Bertz CT molecular complexity index is 561. The molecule has 0 N–H and O–H groups in total. The van der Waals surface area contributed by atoms with Gasteiger partial charge in [-0.2, -0.15) is 4.98 Å². The lowest BCUT2D eigenvalue weighted by Gasteiger charge is -2.37. The van der Waals surface area contributed by atoms with Crippen molar-refractivity contribution in [3.8, 4) is 0 Å². The Balaban J connectivity index is 1.64. The summed E-state index contributed by atoms with van der Waals surface area (Å²) in [6.45, 7) is 5.30. The standard InChI is InChI=1S/C15H22N4O3/c1-15(2)11(8-12(20)18(15)3)14(21)19-6-4-10(5-7-19)13-16-9-22-17-13/h9-11H,4-8H2,1-3H3. The molecule has 0 saturated carbocycles. The van der Waals surface area contributed by atoms with Gasteiger partial charge in [-0.05, 0) is 26.7 Å². The van der Waals surface area contributed by atoms with Gasteiger partial charge in [0.05, 0.1) is 5.92 Å². The molecule has 1 unspecified atom stereocenters. The topological polar surface area (TPSA) is 79.5 Å². The molecule has 0 radical (unpaired) electrons. The molecule has 7 nitrogen and oxygen atoms in total. The van der Waals surface area contributed by atoms with Crippen LogP contribution in [0.15, 0.2) is 10.9 Å². The smallest absolute Gasteiger partial charge is 0.228 e. The number of carbonyl (C=O) groups excluding carboxylic acids is 2. The molecular weight excluding hydrogens is 284 g/mol. The van der Waals surface area contributed by atoms with Crippen molar-refractivity contribution in [2.75, 3.05) is 20.1 Å². The normalized spacial score (nSPS) is 25.8. The van der Waals surface area contributed by atoms with Crippen molar-refractivity contribution in [2.24, 2.45) is 5.92 Å². The molecular formula is C15H22N4O3. The highest BCUT2D eigenvalue weighted by Crippen LogP contribution is 2.36. The van der Waals surface area contributed by atoms with Gasteiger partial charge in [0, 0.05) is 38.0 Å². The second-order valence-electron chi connectivity index (χ2n) is 6.75. The fraction of sp³-hybridized carbons (Fsp3) is 0.733. The lowest BCUT2D eigenvalue weighted by atomic mass is 9.86. The van der Waals surface area contributed by atoms with Gasteiger partial charge >= 0.3 is 0 Å². The minimum Gasteiger partial charge on any atom is -0.343 e. The Kier molecular flexibility index (Phi) is 3.66. The van der Waals surface area contributed by atoms with Gasteiger partial charge in [0.25, 0.3) is 0 Å². The minimum atomic E-state index is -0.418. The van der Waals surface area contributed by atoms with E-state index in [1.807, 2.05) is 18.7 Å². The molecule has 22 heavy (non-hydrogen) atoms. The zero-order chi connectivity index (χ0) is 15.9. The average Bonchev–Trinajstić information content (AvgIpc) is 3.11. The van der Waals surface area contributed by atoms with Gasteiger partial charge in [-0.25, -0.2) is 0 Å². The number of rotatable bonds is 2. The molecule has 2 aliphatic heterocycles. The summed E-state index contributed by atoms with van der Waals surface area (Å²) in [4.78, 5) is 32.4. The SMILES string of the molecule is CN1C(=O)CC(C(=O)N2CCC(c3ncon3)CC2)C1(C)C. The molecule has 7 heteroatoms. The minimum absolute atomic E-state index is 0.0463. The van der Waals surface area contributed by atoms with E-state index in [1.165, 1.54) is 6.39 Å². The van der Waals surface area contributed by atoms with Crippen molar-refractivity contribution in [1.82, 2.24) is 19.9 Å². The molecule has 2 saturated heterocycles. The highest BCUT2D eigenvalue weighted by Gasteiger charge is 2.49. The number of nitrogens with zero attached hydrogens (tertiary/aromatic N) is 4. The second-order valence-corrected chi connectivity index (χ2v) is 6.75. The zero-order valence-corrected chi connectivity index (χ0v) is 13.3. The summed E-state index contributed by atoms with van der Waals surface area (Å²) in [5.41, 5.74) is -0.418.